The second-order valence-corrected chi connectivity index (χ2v) is 3.96. The van der Waals surface area contributed by atoms with E-state index in [1.54, 1.807) is 18.2 Å². The van der Waals surface area contributed by atoms with E-state index in [1.807, 2.05) is 13.0 Å². The highest BCUT2D eigenvalue weighted by atomic mass is 79.9. The molecule has 15 heavy (non-hydrogen) atoms. The SMILES string of the molecule is CCCC(=O)NC(=O)c1ccccc1Br. The van der Waals surface area contributed by atoms with Crippen molar-refractivity contribution in [2.45, 2.75) is 19.8 Å². The molecule has 1 rings (SSSR count). The van der Waals surface area contributed by atoms with E-state index in [2.05, 4.69) is 21.2 Å². The van der Waals surface area contributed by atoms with Crippen molar-refractivity contribution >= 4 is 27.7 Å². The monoisotopic (exact) mass is 269 g/mol. The highest BCUT2D eigenvalue weighted by molar-refractivity contribution is 9.10. The lowest BCUT2D eigenvalue weighted by Gasteiger charge is -2.04. The number of amides is 2. The van der Waals surface area contributed by atoms with Crippen LogP contribution in [0, 0.1) is 0 Å². The van der Waals surface area contributed by atoms with Crippen LogP contribution in [-0.2, 0) is 4.79 Å². The Hall–Kier alpha value is -1.16. The Labute approximate surface area is 97.0 Å². The maximum Gasteiger partial charge on any atom is 0.258 e. The number of halogens is 1. The fourth-order valence-corrected chi connectivity index (χ4v) is 1.59. The third-order valence-corrected chi connectivity index (χ3v) is 2.54. The van der Waals surface area contributed by atoms with Crippen LogP contribution in [0.2, 0.25) is 0 Å². The summed E-state index contributed by atoms with van der Waals surface area (Å²) in [6.45, 7) is 1.89. The number of nitrogens with one attached hydrogen (secondary N) is 1. The number of rotatable bonds is 3. The lowest BCUT2D eigenvalue weighted by molar-refractivity contribution is -0.120. The zero-order valence-electron chi connectivity index (χ0n) is 8.42. The number of carbonyl (C=O) groups is 2. The van der Waals surface area contributed by atoms with Gasteiger partial charge in [-0.25, -0.2) is 0 Å². The van der Waals surface area contributed by atoms with Crippen LogP contribution in [0.25, 0.3) is 0 Å². The molecule has 0 atom stereocenters. The van der Waals surface area contributed by atoms with Crippen LogP contribution in [0.15, 0.2) is 28.7 Å². The summed E-state index contributed by atoms with van der Waals surface area (Å²) in [6, 6.07) is 7.00. The lowest BCUT2D eigenvalue weighted by Crippen LogP contribution is -2.30. The molecule has 0 aliphatic carbocycles. The predicted octanol–water partition coefficient (Wildman–Crippen LogP) is 2.51. The van der Waals surface area contributed by atoms with E-state index in [1.165, 1.54) is 0 Å². The second kappa shape index (κ2) is 5.66. The Kier molecular flexibility index (Phi) is 4.49. The van der Waals surface area contributed by atoms with Gasteiger partial charge in [0.25, 0.3) is 5.91 Å². The maximum absolute atomic E-state index is 11.6. The van der Waals surface area contributed by atoms with Crippen LogP contribution in [0.4, 0.5) is 0 Å². The third kappa shape index (κ3) is 3.47. The van der Waals surface area contributed by atoms with Gasteiger partial charge in [-0.15, -0.1) is 0 Å². The summed E-state index contributed by atoms with van der Waals surface area (Å²) in [6.07, 6.45) is 1.10. The van der Waals surface area contributed by atoms with Crippen molar-refractivity contribution in [3.8, 4) is 0 Å². The summed E-state index contributed by atoms with van der Waals surface area (Å²) in [5.74, 6) is -0.598. The molecular weight excluding hydrogens is 258 g/mol. The maximum atomic E-state index is 11.6. The molecule has 0 fully saturated rings. The van der Waals surface area contributed by atoms with E-state index in [0.717, 1.165) is 6.42 Å². The lowest BCUT2D eigenvalue weighted by atomic mass is 10.2. The van der Waals surface area contributed by atoms with Crippen molar-refractivity contribution in [2.24, 2.45) is 0 Å². The van der Waals surface area contributed by atoms with Gasteiger partial charge < -0.3 is 0 Å². The molecule has 0 spiro atoms. The molecule has 1 N–H and O–H groups in total. The minimum absolute atomic E-state index is 0.238. The van der Waals surface area contributed by atoms with Gasteiger partial charge in [0.2, 0.25) is 5.91 Å². The van der Waals surface area contributed by atoms with E-state index in [-0.39, 0.29) is 11.8 Å². The highest BCUT2D eigenvalue weighted by Gasteiger charge is 2.11. The second-order valence-electron chi connectivity index (χ2n) is 3.11. The van der Waals surface area contributed by atoms with E-state index >= 15 is 0 Å². The Morgan fingerprint density at radius 2 is 2.00 bits per heavy atom. The van der Waals surface area contributed by atoms with Crippen molar-refractivity contribution in [3.63, 3.8) is 0 Å². The Morgan fingerprint density at radius 3 is 2.60 bits per heavy atom. The summed E-state index contributed by atoms with van der Waals surface area (Å²) >= 11 is 3.25. The average molecular weight is 270 g/mol. The number of hydrogen-bond donors (Lipinski definition) is 1. The van der Waals surface area contributed by atoms with Gasteiger partial charge in [0.05, 0.1) is 5.56 Å². The number of benzene rings is 1. The summed E-state index contributed by atoms with van der Waals surface area (Å²) in [7, 11) is 0. The van der Waals surface area contributed by atoms with Crippen molar-refractivity contribution in [2.75, 3.05) is 0 Å². The topological polar surface area (TPSA) is 46.2 Å². The quantitative estimate of drug-likeness (QED) is 0.917. The van der Waals surface area contributed by atoms with E-state index in [4.69, 9.17) is 0 Å². The van der Waals surface area contributed by atoms with Crippen LogP contribution in [0.5, 0.6) is 0 Å². The van der Waals surface area contributed by atoms with Gasteiger partial charge in [0, 0.05) is 10.9 Å². The van der Waals surface area contributed by atoms with E-state index < -0.39 is 0 Å². The average Bonchev–Trinajstić information content (AvgIpc) is 2.18. The van der Waals surface area contributed by atoms with Gasteiger partial charge in [0.15, 0.2) is 0 Å². The molecule has 0 saturated heterocycles. The van der Waals surface area contributed by atoms with Crippen LogP contribution in [0.3, 0.4) is 0 Å². The number of imide groups is 1. The van der Waals surface area contributed by atoms with Crippen LogP contribution in [0.1, 0.15) is 30.1 Å². The minimum Gasteiger partial charge on any atom is -0.292 e. The van der Waals surface area contributed by atoms with Crippen molar-refractivity contribution in [1.82, 2.24) is 5.32 Å². The molecule has 80 valence electrons. The molecule has 1 aromatic rings. The predicted molar refractivity (Wildman–Crippen MR) is 61.5 cm³/mol. The highest BCUT2D eigenvalue weighted by Crippen LogP contribution is 2.15. The molecule has 2 amide bonds. The first-order valence-corrected chi connectivity index (χ1v) is 5.53. The molecular formula is C11H12BrNO2. The van der Waals surface area contributed by atoms with Crippen LogP contribution >= 0.6 is 15.9 Å². The molecule has 0 radical (unpaired) electrons. The molecule has 4 heteroatoms. The summed E-state index contributed by atoms with van der Waals surface area (Å²) in [4.78, 5) is 22.8. The Morgan fingerprint density at radius 1 is 1.33 bits per heavy atom. The summed E-state index contributed by atoms with van der Waals surface area (Å²) in [5, 5.41) is 2.33. The number of hydrogen-bond acceptors (Lipinski definition) is 2. The van der Waals surface area contributed by atoms with Gasteiger partial charge in [-0.05, 0) is 34.5 Å². The molecule has 0 unspecified atom stereocenters. The standard InChI is InChI=1S/C11H12BrNO2/c1-2-5-10(14)13-11(15)8-6-3-4-7-9(8)12/h3-4,6-7H,2,5H2,1H3,(H,13,14,15). The van der Waals surface area contributed by atoms with Gasteiger partial charge in [-0.1, -0.05) is 19.1 Å². The fourth-order valence-electron chi connectivity index (χ4n) is 1.13. The van der Waals surface area contributed by atoms with Crippen LogP contribution in [-0.4, -0.2) is 11.8 Å². The van der Waals surface area contributed by atoms with Crippen molar-refractivity contribution in [1.29, 1.82) is 0 Å². The normalized spacial score (nSPS) is 9.73. The molecule has 0 heterocycles. The molecule has 0 saturated carbocycles. The first kappa shape index (κ1) is 11.9. The smallest absolute Gasteiger partial charge is 0.258 e. The van der Waals surface area contributed by atoms with Gasteiger partial charge in [-0.2, -0.15) is 0 Å². The molecule has 3 nitrogen and oxygen atoms in total. The van der Waals surface area contributed by atoms with Crippen LogP contribution < -0.4 is 5.32 Å². The zero-order valence-corrected chi connectivity index (χ0v) is 10.0. The van der Waals surface area contributed by atoms with E-state index in [9.17, 15) is 9.59 Å². The van der Waals surface area contributed by atoms with Crippen molar-refractivity contribution < 1.29 is 9.59 Å². The third-order valence-electron chi connectivity index (χ3n) is 1.85. The number of carbonyl (C=O) groups excluding carboxylic acids is 2. The largest absolute Gasteiger partial charge is 0.292 e. The molecule has 0 bridgehead atoms. The summed E-state index contributed by atoms with van der Waals surface area (Å²) < 4.78 is 0.687. The molecule has 0 aliphatic heterocycles. The van der Waals surface area contributed by atoms with E-state index in [0.29, 0.717) is 16.5 Å². The minimum atomic E-state index is -0.360. The fraction of sp³-hybridized carbons (Fsp3) is 0.273. The van der Waals surface area contributed by atoms with Gasteiger partial charge >= 0.3 is 0 Å². The first-order valence-electron chi connectivity index (χ1n) is 4.74. The Bertz CT molecular complexity index is 377. The summed E-state index contributed by atoms with van der Waals surface area (Å²) in [5.41, 5.74) is 0.474. The molecule has 0 aromatic heterocycles. The first-order chi connectivity index (χ1) is 7.15. The van der Waals surface area contributed by atoms with Gasteiger partial charge in [-0.3, -0.25) is 14.9 Å². The molecule has 1 aromatic carbocycles. The van der Waals surface area contributed by atoms with Gasteiger partial charge in [0.1, 0.15) is 0 Å². The Balaban J connectivity index is 2.70. The zero-order chi connectivity index (χ0) is 11.3. The van der Waals surface area contributed by atoms with Crippen molar-refractivity contribution in [3.05, 3.63) is 34.3 Å². The molecule has 0 aliphatic rings.